The first-order valence-corrected chi connectivity index (χ1v) is 6.91. The first-order valence-electron chi connectivity index (χ1n) is 6.91. The Morgan fingerprint density at radius 1 is 1.16 bits per heavy atom. The van der Waals surface area contributed by atoms with Crippen LogP contribution in [-0.4, -0.2) is 36.3 Å². The number of hydrogen-bond acceptors (Lipinski definition) is 5. The molecular formula is C14H26N4O. The maximum absolute atomic E-state index is 5.52. The van der Waals surface area contributed by atoms with E-state index in [1.807, 2.05) is 20.9 Å². The van der Waals surface area contributed by atoms with Gasteiger partial charge in [0.1, 0.15) is 17.5 Å². The second kappa shape index (κ2) is 7.28. The highest BCUT2D eigenvalue weighted by molar-refractivity contribution is 5.57. The number of ether oxygens (including phenoxy) is 1. The molecule has 1 atom stereocenters. The van der Waals surface area contributed by atoms with Gasteiger partial charge >= 0.3 is 0 Å². The zero-order valence-corrected chi connectivity index (χ0v) is 12.9. The Kier molecular flexibility index (Phi) is 6.02. The van der Waals surface area contributed by atoms with Crippen LogP contribution in [0.4, 0.5) is 11.6 Å². The fraction of sp³-hybridized carbons (Fsp3) is 0.714. The molecule has 0 aliphatic heterocycles. The quantitative estimate of drug-likeness (QED) is 0.794. The molecule has 0 aliphatic rings. The molecular weight excluding hydrogens is 240 g/mol. The van der Waals surface area contributed by atoms with Crippen LogP contribution in [0.2, 0.25) is 0 Å². The predicted molar refractivity (Wildman–Crippen MR) is 80.0 cm³/mol. The highest BCUT2D eigenvalue weighted by atomic mass is 16.5. The molecule has 5 nitrogen and oxygen atoms in total. The summed E-state index contributed by atoms with van der Waals surface area (Å²) in [4.78, 5) is 9.12. The van der Waals surface area contributed by atoms with Crippen molar-refractivity contribution in [2.75, 3.05) is 30.8 Å². The maximum Gasteiger partial charge on any atom is 0.135 e. The average Bonchev–Trinajstić information content (AvgIpc) is 2.37. The molecule has 0 saturated heterocycles. The minimum absolute atomic E-state index is 0.167. The van der Waals surface area contributed by atoms with E-state index in [0.717, 1.165) is 36.2 Å². The van der Waals surface area contributed by atoms with Gasteiger partial charge < -0.3 is 15.4 Å². The Hall–Kier alpha value is -1.36. The molecule has 1 unspecified atom stereocenters. The van der Waals surface area contributed by atoms with Crippen LogP contribution in [0.3, 0.4) is 0 Å². The lowest BCUT2D eigenvalue weighted by Crippen LogP contribution is -2.21. The highest BCUT2D eigenvalue weighted by Crippen LogP contribution is 2.22. The van der Waals surface area contributed by atoms with E-state index in [9.17, 15) is 0 Å². The fourth-order valence-corrected chi connectivity index (χ4v) is 1.79. The summed E-state index contributed by atoms with van der Waals surface area (Å²) in [6.45, 7) is 11.7. The van der Waals surface area contributed by atoms with Crippen molar-refractivity contribution in [1.29, 1.82) is 0 Å². The first kappa shape index (κ1) is 15.7. The molecule has 1 aromatic rings. The van der Waals surface area contributed by atoms with Gasteiger partial charge in [-0.1, -0.05) is 13.8 Å². The molecule has 0 bridgehead atoms. The van der Waals surface area contributed by atoms with Gasteiger partial charge in [0.25, 0.3) is 0 Å². The van der Waals surface area contributed by atoms with Crippen LogP contribution >= 0.6 is 0 Å². The standard InChI is InChI=1S/C14H26N4O/c1-7-19-10(4)8-16-14-11(5)13(15-6)17-12(18-14)9(2)3/h9-10H,7-8H2,1-6H3,(H2,15,16,17,18). The predicted octanol–water partition coefficient (Wildman–Crippen LogP) is 2.79. The molecule has 2 N–H and O–H groups in total. The van der Waals surface area contributed by atoms with Gasteiger partial charge in [0.05, 0.1) is 6.10 Å². The normalized spacial score (nSPS) is 12.6. The SMILES string of the molecule is CCOC(C)CNc1nc(C(C)C)nc(NC)c1C. The van der Waals surface area contributed by atoms with Gasteiger partial charge in [-0.2, -0.15) is 0 Å². The second-order valence-electron chi connectivity index (χ2n) is 4.96. The monoisotopic (exact) mass is 266 g/mol. The summed E-state index contributed by atoms with van der Waals surface area (Å²) in [7, 11) is 1.88. The van der Waals surface area contributed by atoms with Crippen LogP contribution in [0, 0.1) is 6.92 Å². The number of rotatable bonds is 7. The fourth-order valence-electron chi connectivity index (χ4n) is 1.79. The number of nitrogens with one attached hydrogen (secondary N) is 2. The van der Waals surface area contributed by atoms with Crippen molar-refractivity contribution in [3.63, 3.8) is 0 Å². The minimum Gasteiger partial charge on any atom is -0.377 e. The van der Waals surface area contributed by atoms with Crippen molar-refractivity contribution in [3.8, 4) is 0 Å². The molecule has 5 heteroatoms. The van der Waals surface area contributed by atoms with Crippen molar-refractivity contribution in [2.24, 2.45) is 0 Å². The average molecular weight is 266 g/mol. The smallest absolute Gasteiger partial charge is 0.135 e. The van der Waals surface area contributed by atoms with Crippen molar-refractivity contribution >= 4 is 11.6 Å². The second-order valence-corrected chi connectivity index (χ2v) is 4.96. The molecule has 0 spiro atoms. The molecule has 1 rings (SSSR count). The molecule has 0 aromatic carbocycles. The van der Waals surface area contributed by atoms with E-state index in [-0.39, 0.29) is 6.10 Å². The summed E-state index contributed by atoms with van der Waals surface area (Å²) in [6, 6.07) is 0. The number of hydrogen-bond donors (Lipinski definition) is 2. The molecule has 108 valence electrons. The summed E-state index contributed by atoms with van der Waals surface area (Å²) in [5.41, 5.74) is 1.04. The molecule has 0 fully saturated rings. The number of anilines is 2. The van der Waals surface area contributed by atoms with Crippen molar-refractivity contribution < 1.29 is 4.74 Å². The van der Waals surface area contributed by atoms with Crippen molar-refractivity contribution in [1.82, 2.24) is 9.97 Å². The lowest BCUT2D eigenvalue weighted by Gasteiger charge is -2.17. The molecule has 0 saturated carbocycles. The number of nitrogens with zero attached hydrogens (tertiary/aromatic N) is 2. The third-order valence-corrected chi connectivity index (χ3v) is 2.92. The number of aromatic nitrogens is 2. The Labute approximate surface area is 116 Å². The summed E-state index contributed by atoms with van der Waals surface area (Å²) >= 11 is 0. The van der Waals surface area contributed by atoms with E-state index in [1.54, 1.807) is 0 Å². The maximum atomic E-state index is 5.52. The van der Waals surface area contributed by atoms with Crippen molar-refractivity contribution in [2.45, 2.75) is 46.6 Å². The van der Waals surface area contributed by atoms with Crippen LogP contribution in [0.1, 0.15) is 45.0 Å². The van der Waals surface area contributed by atoms with E-state index in [1.165, 1.54) is 0 Å². The van der Waals surface area contributed by atoms with Crippen LogP contribution in [0.15, 0.2) is 0 Å². The molecule has 0 aliphatic carbocycles. The van der Waals surface area contributed by atoms with Gasteiger partial charge in [0, 0.05) is 31.7 Å². The third kappa shape index (κ3) is 4.35. The van der Waals surface area contributed by atoms with Gasteiger partial charge in [-0.3, -0.25) is 0 Å². The van der Waals surface area contributed by atoms with Gasteiger partial charge in [-0.05, 0) is 20.8 Å². The summed E-state index contributed by atoms with van der Waals surface area (Å²) < 4.78 is 5.52. The third-order valence-electron chi connectivity index (χ3n) is 2.92. The van der Waals surface area contributed by atoms with E-state index in [4.69, 9.17) is 4.74 Å². The Morgan fingerprint density at radius 3 is 2.32 bits per heavy atom. The lowest BCUT2D eigenvalue weighted by atomic mass is 10.2. The van der Waals surface area contributed by atoms with Gasteiger partial charge in [0.15, 0.2) is 0 Å². The topological polar surface area (TPSA) is 59.1 Å². The van der Waals surface area contributed by atoms with Gasteiger partial charge in [0.2, 0.25) is 0 Å². The van der Waals surface area contributed by atoms with E-state index < -0.39 is 0 Å². The largest absolute Gasteiger partial charge is 0.377 e. The van der Waals surface area contributed by atoms with E-state index >= 15 is 0 Å². The Morgan fingerprint density at radius 2 is 1.79 bits per heavy atom. The minimum atomic E-state index is 0.167. The van der Waals surface area contributed by atoms with Gasteiger partial charge in [-0.15, -0.1) is 0 Å². The van der Waals surface area contributed by atoms with Crippen LogP contribution in [0.25, 0.3) is 0 Å². The Balaban J connectivity index is 2.89. The Bertz CT molecular complexity index is 407. The molecule has 1 aromatic heterocycles. The highest BCUT2D eigenvalue weighted by Gasteiger charge is 2.12. The zero-order valence-electron chi connectivity index (χ0n) is 12.9. The lowest BCUT2D eigenvalue weighted by molar-refractivity contribution is 0.0854. The summed E-state index contributed by atoms with van der Waals surface area (Å²) in [6.07, 6.45) is 0.167. The van der Waals surface area contributed by atoms with E-state index in [0.29, 0.717) is 5.92 Å². The summed E-state index contributed by atoms with van der Waals surface area (Å²) in [5, 5.41) is 6.47. The van der Waals surface area contributed by atoms with Crippen LogP contribution < -0.4 is 10.6 Å². The van der Waals surface area contributed by atoms with Crippen LogP contribution in [-0.2, 0) is 4.74 Å². The van der Waals surface area contributed by atoms with E-state index in [2.05, 4.69) is 41.4 Å². The summed E-state index contributed by atoms with van der Waals surface area (Å²) in [5.74, 6) is 2.92. The first-order chi connectivity index (χ1) is 8.99. The van der Waals surface area contributed by atoms with Crippen LogP contribution in [0.5, 0.6) is 0 Å². The molecule has 1 heterocycles. The zero-order chi connectivity index (χ0) is 14.4. The molecule has 0 radical (unpaired) electrons. The van der Waals surface area contributed by atoms with Crippen molar-refractivity contribution in [3.05, 3.63) is 11.4 Å². The molecule has 0 amide bonds. The molecule has 19 heavy (non-hydrogen) atoms. The van der Waals surface area contributed by atoms with Gasteiger partial charge in [-0.25, -0.2) is 9.97 Å².